The Kier molecular flexibility index (Phi) is 9.58. The second-order valence-corrected chi connectivity index (χ2v) is 10.9. The lowest BCUT2D eigenvalue weighted by Gasteiger charge is -2.30. The van der Waals surface area contributed by atoms with E-state index in [9.17, 15) is 23.3 Å². The van der Waals surface area contributed by atoms with Crippen LogP contribution < -0.4 is 20.0 Å². The minimum absolute atomic E-state index is 0.121. The van der Waals surface area contributed by atoms with Crippen LogP contribution in [0.1, 0.15) is 11.1 Å². The molecule has 2 fully saturated rings. The summed E-state index contributed by atoms with van der Waals surface area (Å²) in [7, 11) is 0. The number of anilines is 3. The second-order valence-electron chi connectivity index (χ2n) is 9.18. The van der Waals surface area contributed by atoms with E-state index in [4.69, 9.17) is 14.2 Å². The van der Waals surface area contributed by atoms with Crippen LogP contribution in [0.4, 0.5) is 36.7 Å². The maximum absolute atomic E-state index is 13.1. The van der Waals surface area contributed by atoms with E-state index in [0.717, 1.165) is 6.07 Å². The first-order chi connectivity index (χ1) is 20.6. The van der Waals surface area contributed by atoms with E-state index in [1.54, 1.807) is 12.1 Å². The molecule has 0 bridgehead atoms. The minimum atomic E-state index is -4.74. The topological polar surface area (TPSA) is 140 Å². The molecule has 1 N–H and O–H groups in total. The van der Waals surface area contributed by atoms with Crippen LogP contribution in [0.15, 0.2) is 44.4 Å². The highest BCUT2D eigenvalue weighted by molar-refractivity contribution is 9.11. The van der Waals surface area contributed by atoms with E-state index in [1.807, 2.05) is 9.80 Å². The molecule has 5 rings (SSSR count). The molecule has 0 radical (unpaired) electrons. The summed E-state index contributed by atoms with van der Waals surface area (Å²) in [6, 6.07) is 5.29. The molecule has 43 heavy (non-hydrogen) atoms. The lowest BCUT2D eigenvalue weighted by molar-refractivity contribution is -0.385. The zero-order chi connectivity index (χ0) is 30.6. The van der Waals surface area contributed by atoms with Gasteiger partial charge in [-0.1, -0.05) is 0 Å². The first-order valence-corrected chi connectivity index (χ1v) is 14.4. The van der Waals surface area contributed by atoms with Gasteiger partial charge < -0.3 is 24.0 Å². The Morgan fingerprint density at radius 1 is 0.953 bits per heavy atom. The van der Waals surface area contributed by atoms with Crippen molar-refractivity contribution in [2.75, 3.05) is 67.8 Å². The number of hydrogen-bond donors (Lipinski definition) is 1. The fraction of sp³-hybridized carbons (Fsp3) is 0.360. The number of hydrogen-bond acceptors (Lipinski definition) is 12. The Balaban J connectivity index is 1.34. The van der Waals surface area contributed by atoms with Crippen LogP contribution in [-0.2, 0) is 15.7 Å². The zero-order valence-electron chi connectivity index (χ0n) is 22.2. The number of aromatic nitrogens is 3. The van der Waals surface area contributed by atoms with Crippen LogP contribution in [-0.4, -0.2) is 78.7 Å². The molecule has 3 heterocycles. The van der Waals surface area contributed by atoms with Crippen molar-refractivity contribution < 1.29 is 32.3 Å². The fourth-order valence-electron chi connectivity index (χ4n) is 4.16. The van der Waals surface area contributed by atoms with Crippen molar-refractivity contribution in [3.05, 3.63) is 60.5 Å². The molecular formula is C25H23Br2F3N8O5. The van der Waals surface area contributed by atoms with E-state index < -0.39 is 22.4 Å². The number of ether oxygens (including phenoxy) is 3. The van der Waals surface area contributed by atoms with E-state index in [0.29, 0.717) is 91.1 Å². The van der Waals surface area contributed by atoms with Gasteiger partial charge in [0.25, 0.3) is 0 Å². The SMILES string of the molecule is O=[N+]([O-])c1cc(C(F)(F)F)ccc1Oc1c(Br)cc(/C=N\Nc2nc(N3CCOCC3)nc(N3CCOCC3)n2)cc1Br. The molecule has 1 aromatic heterocycles. The number of hydrazone groups is 1. The second kappa shape index (κ2) is 13.4. The van der Waals surface area contributed by atoms with Gasteiger partial charge in [0.05, 0.1) is 52.1 Å². The van der Waals surface area contributed by atoms with Gasteiger partial charge in [0, 0.05) is 32.2 Å². The molecule has 3 aromatic rings. The van der Waals surface area contributed by atoms with Crippen molar-refractivity contribution in [3.8, 4) is 11.5 Å². The number of nitro benzene ring substituents is 1. The highest BCUT2D eigenvalue weighted by Crippen LogP contribution is 2.42. The number of halogens is 5. The van der Waals surface area contributed by atoms with Gasteiger partial charge in [0.1, 0.15) is 0 Å². The molecule has 18 heteroatoms. The molecule has 2 aromatic carbocycles. The molecule has 13 nitrogen and oxygen atoms in total. The quantitative estimate of drug-likeness (QED) is 0.185. The third-order valence-electron chi connectivity index (χ3n) is 6.29. The summed E-state index contributed by atoms with van der Waals surface area (Å²) < 4.78 is 56.4. The van der Waals surface area contributed by atoms with E-state index in [-0.39, 0.29) is 17.4 Å². The van der Waals surface area contributed by atoms with Gasteiger partial charge in [-0.25, -0.2) is 5.43 Å². The smallest absolute Gasteiger partial charge is 0.416 e. The van der Waals surface area contributed by atoms with Gasteiger partial charge in [-0.05, 0) is 61.7 Å². The van der Waals surface area contributed by atoms with Gasteiger partial charge in [0.2, 0.25) is 23.6 Å². The first-order valence-electron chi connectivity index (χ1n) is 12.8. The zero-order valence-corrected chi connectivity index (χ0v) is 25.4. The Bertz CT molecular complexity index is 1460. The van der Waals surface area contributed by atoms with Gasteiger partial charge in [-0.15, -0.1) is 0 Å². The summed E-state index contributed by atoms with van der Waals surface area (Å²) in [4.78, 5) is 28.2. The Hall–Kier alpha value is -3.61. The van der Waals surface area contributed by atoms with Crippen LogP contribution in [0.5, 0.6) is 11.5 Å². The van der Waals surface area contributed by atoms with Crippen molar-refractivity contribution in [1.82, 2.24) is 15.0 Å². The number of alkyl halides is 3. The number of nitrogens with zero attached hydrogens (tertiary/aromatic N) is 7. The summed E-state index contributed by atoms with van der Waals surface area (Å²) in [6.07, 6.45) is -3.25. The Morgan fingerprint density at radius 3 is 2.02 bits per heavy atom. The molecular weight excluding hydrogens is 709 g/mol. The van der Waals surface area contributed by atoms with Crippen LogP contribution in [0.2, 0.25) is 0 Å². The van der Waals surface area contributed by atoms with Crippen molar-refractivity contribution in [2.24, 2.45) is 5.10 Å². The summed E-state index contributed by atoms with van der Waals surface area (Å²) in [6.45, 7) is 4.82. The van der Waals surface area contributed by atoms with E-state index in [2.05, 4.69) is 57.3 Å². The Morgan fingerprint density at radius 2 is 1.51 bits per heavy atom. The number of benzene rings is 2. The van der Waals surface area contributed by atoms with Crippen LogP contribution in [0, 0.1) is 10.1 Å². The van der Waals surface area contributed by atoms with E-state index in [1.165, 1.54) is 6.21 Å². The molecule has 228 valence electrons. The summed E-state index contributed by atoms with van der Waals surface area (Å²) in [5.74, 6) is 1.01. The standard InChI is InChI=1S/C25H23Br2F3N8O5/c26-17-11-15(12-18(27)21(17)43-20-2-1-16(25(28,29)30)13-19(20)38(39)40)14-31-35-22-32-23(36-3-7-41-8-4-36)34-24(33-22)37-5-9-42-10-6-37/h1-2,11-14H,3-10H2,(H,32,33,34,35)/b31-14-. The third-order valence-corrected chi connectivity index (χ3v) is 7.47. The van der Waals surface area contributed by atoms with Crippen LogP contribution in [0.25, 0.3) is 0 Å². The normalized spacial score (nSPS) is 16.0. The van der Waals surface area contributed by atoms with Gasteiger partial charge in [-0.2, -0.15) is 33.2 Å². The minimum Gasteiger partial charge on any atom is -0.448 e. The van der Waals surface area contributed by atoms with Gasteiger partial charge >= 0.3 is 11.9 Å². The summed E-state index contributed by atoms with van der Waals surface area (Å²) in [5.41, 5.74) is 1.44. The molecule has 0 spiro atoms. The first kappa shape index (κ1) is 30.8. The average molecular weight is 732 g/mol. The van der Waals surface area contributed by atoms with Crippen LogP contribution in [0.3, 0.4) is 0 Å². The monoisotopic (exact) mass is 730 g/mol. The average Bonchev–Trinajstić information content (AvgIpc) is 2.99. The van der Waals surface area contributed by atoms with Crippen molar-refractivity contribution >= 4 is 61.6 Å². The van der Waals surface area contributed by atoms with Crippen molar-refractivity contribution in [1.29, 1.82) is 0 Å². The number of nitrogens with one attached hydrogen (secondary N) is 1. The Labute approximate surface area is 259 Å². The lowest BCUT2D eigenvalue weighted by Crippen LogP contribution is -2.40. The molecule has 2 aliphatic rings. The molecule has 2 aliphatic heterocycles. The number of rotatable bonds is 8. The largest absolute Gasteiger partial charge is 0.448 e. The van der Waals surface area contributed by atoms with Gasteiger partial charge in [-0.3, -0.25) is 10.1 Å². The number of morpholine rings is 2. The maximum atomic E-state index is 13.1. The molecule has 0 unspecified atom stereocenters. The molecule has 0 saturated carbocycles. The molecule has 0 amide bonds. The lowest BCUT2D eigenvalue weighted by atomic mass is 10.2. The highest BCUT2D eigenvalue weighted by Gasteiger charge is 2.33. The van der Waals surface area contributed by atoms with Crippen LogP contribution >= 0.6 is 31.9 Å². The predicted octanol–water partition coefficient (Wildman–Crippen LogP) is 5.24. The molecule has 0 aliphatic carbocycles. The predicted molar refractivity (Wildman–Crippen MR) is 157 cm³/mol. The summed E-state index contributed by atoms with van der Waals surface area (Å²) in [5, 5.41) is 15.7. The molecule has 2 saturated heterocycles. The van der Waals surface area contributed by atoms with Gasteiger partial charge in [0.15, 0.2) is 5.75 Å². The summed E-state index contributed by atoms with van der Waals surface area (Å²) >= 11 is 6.71. The fourth-order valence-corrected chi connectivity index (χ4v) is 5.55. The third kappa shape index (κ3) is 7.67. The van der Waals surface area contributed by atoms with Crippen molar-refractivity contribution in [3.63, 3.8) is 0 Å². The number of nitro groups is 1. The highest BCUT2D eigenvalue weighted by atomic mass is 79.9. The molecule has 0 atom stereocenters. The van der Waals surface area contributed by atoms with Crippen molar-refractivity contribution in [2.45, 2.75) is 6.18 Å². The maximum Gasteiger partial charge on any atom is 0.416 e. The van der Waals surface area contributed by atoms with E-state index >= 15 is 0 Å².